The Morgan fingerprint density at radius 1 is 1.19 bits per heavy atom. The number of alkyl halides is 3. The van der Waals surface area contributed by atoms with E-state index in [1.54, 1.807) is 24.3 Å². The molecule has 0 saturated heterocycles. The third-order valence-electron chi connectivity index (χ3n) is 7.29. The summed E-state index contributed by atoms with van der Waals surface area (Å²) in [7, 11) is 1.47. The lowest BCUT2D eigenvalue weighted by Gasteiger charge is -2.31. The van der Waals surface area contributed by atoms with Crippen LogP contribution < -0.4 is 20.5 Å². The number of benzene rings is 2. The van der Waals surface area contributed by atoms with Crippen LogP contribution in [0.2, 0.25) is 0 Å². The highest BCUT2D eigenvalue weighted by Gasteiger charge is 2.57. The lowest BCUT2D eigenvalue weighted by Crippen LogP contribution is -2.51. The maximum absolute atomic E-state index is 14.6. The Morgan fingerprint density at radius 2 is 1.91 bits per heavy atom. The lowest BCUT2D eigenvalue weighted by atomic mass is 9.81. The SMILES string of the molecule is COc1cccc(-n2cc(C(=O)NCC(O)(c3cc4c(c(-c5ccc(F)cc5)n3)OC[C@]4(C)C(N)=O)C(F)(F)F)cn2)c1. The number of nitrogens with zero attached hydrogens (tertiary/aromatic N) is 3. The molecule has 0 aliphatic carbocycles. The van der Waals surface area contributed by atoms with Crippen molar-refractivity contribution in [2.75, 3.05) is 20.3 Å². The first-order valence-electron chi connectivity index (χ1n) is 12.8. The molecule has 1 unspecified atom stereocenters. The van der Waals surface area contributed by atoms with Crippen LogP contribution in [0.1, 0.15) is 28.5 Å². The molecular weight excluding hydrogens is 574 g/mol. The van der Waals surface area contributed by atoms with Gasteiger partial charge in [0.2, 0.25) is 11.5 Å². The van der Waals surface area contributed by atoms with E-state index in [1.807, 2.05) is 0 Å². The number of rotatable bonds is 8. The number of hydrogen-bond donors (Lipinski definition) is 3. The van der Waals surface area contributed by atoms with Crippen molar-refractivity contribution >= 4 is 11.8 Å². The van der Waals surface area contributed by atoms with E-state index in [2.05, 4.69) is 15.4 Å². The molecular formula is C29H25F4N5O5. The first-order valence-corrected chi connectivity index (χ1v) is 12.8. The second-order valence-corrected chi connectivity index (χ2v) is 10.1. The highest BCUT2D eigenvalue weighted by molar-refractivity contribution is 5.94. The number of hydrogen-bond acceptors (Lipinski definition) is 7. The minimum atomic E-state index is -5.35. The summed E-state index contributed by atoms with van der Waals surface area (Å²) < 4.78 is 69.5. The zero-order valence-electron chi connectivity index (χ0n) is 22.8. The highest BCUT2D eigenvalue weighted by Crippen LogP contribution is 2.47. The van der Waals surface area contributed by atoms with E-state index in [-0.39, 0.29) is 34.7 Å². The first-order chi connectivity index (χ1) is 20.3. The van der Waals surface area contributed by atoms with Crippen molar-refractivity contribution in [3.05, 3.63) is 89.6 Å². The molecule has 10 nitrogen and oxygen atoms in total. The lowest BCUT2D eigenvalue weighted by molar-refractivity contribution is -0.265. The monoisotopic (exact) mass is 599 g/mol. The summed E-state index contributed by atoms with van der Waals surface area (Å²) in [6.45, 7) is -0.258. The van der Waals surface area contributed by atoms with Crippen LogP contribution in [0.4, 0.5) is 17.6 Å². The number of nitrogens with two attached hydrogens (primary N) is 1. The Balaban J connectivity index is 1.52. The Bertz CT molecular complexity index is 1710. The fourth-order valence-corrected chi connectivity index (χ4v) is 4.58. The van der Waals surface area contributed by atoms with Crippen molar-refractivity contribution in [2.24, 2.45) is 5.73 Å². The van der Waals surface area contributed by atoms with Gasteiger partial charge in [-0.1, -0.05) is 6.07 Å². The number of methoxy groups -OCH3 is 1. The van der Waals surface area contributed by atoms with Crippen molar-refractivity contribution in [2.45, 2.75) is 24.1 Å². The minimum absolute atomic E-state index is 0.0322. The minimum Gasteiger partial charge on any atom is -0.497 e. The molecule has 1 aliphatic heterocycles. The molecule has 0 fully saturated rings. The van der Waals surface area contributed by atoms with Crippen LogP contribution in [0.25, 0.3) is 16.9 Å². The number of primary amides is 1. The van der Waals surface area contributed by atoms with E-state index in [0.717, 1.165) is 24.4 Å². The number of pyridine rings is 1. The Kier molecular flexibility index (Phi) is 7.34. The number of fused-ring (bicyclic) bond motifs is 1. The van der Waals surface area contributed by atoms with Crippen LogP contribution >= 0.6 is 0 Å². The van der Waals surface area contributed by atoms with Gasteiger partial charge in [-0.25, -0.2) is 14.1 Å². The summed E-state index contributed by atoms with van der Waals surface area (Å²) in [5, 5.41) is 17.3. The predicted octanol–water partition coefficient (Wildman–Crippen LogP) is 3.40. The van der Waals surface area contributed by atoms with Crippen LogP contribution in [-0.4, -0.2) is 58.1 Å². The van der Waals surface area contributed by atoms with Crippen molar-refractivity contribution in [3.63, 3.8) is 0 Å². The van der Waals surface area contributed by atoms with E-state index >= 15 is 0 Å². The van der Waals surface area contributed by atoms with Gasteiger partial charge in [0, 0.05) is 23.4 Å². The van der Waals surface area contributed by atoms with Gasteiger partial charge in [0.1, 0.15) is 35.0 Å². The van der Waals surface area contributed by atoms with Gasteiger partial charge in [-0.3, -0.25) is 9.59 Å². The normalized spacial score (nSPS) is 17.5. The van der Waals surface area contributed by atoms with Crippen molar-refractivity contribution in [3.8, 4) is 28.4 Å². The van der Waals surface area contributed by atoms with Crippen LogP contribution in [0.3, 0.4) is 0 Å². The van der Waals surface area contributed by atoms with Gasteiger partial charge in [-0.15, -0.1) is 0 Å². The Labute approximate surface area is 242 Å². The van der Waals surface area contributed by atoms with Gasteiger partial charge < -0.3 is 25.6 Å². The molecule has 4 N–H and O–H groups in total. The summed E-state index contributed by atoms with van der Waals surface area (Å²) in [4.78, 5) is 29.3. The topological polar surface area (TPSA) is 142 Å². The molecule has 224 valence electrons. The molecule has 14 heteroatoms. The predicted molar refractivity (Wildman–Crippen MR) is 144 cm³/mol. The van der Waals surface area contributed by atoms with E-state index in [1.165, 1.54) is 37.0 Å². The zero-order chi connectivity index (χ0) is 31.2. The van der Waals surface area contributed by atoms with E-state index < -0.39 is 47.1 Å². The van der Waals surface area contributed by atoms with Crippen molar-refractivity contribution in [1.82, 2.24) is 20.1 Å². The maximum atomic E-state index is 14.6. The molecule has 5 rings (SSSR count). The number of amides is 2. The van der Waals surface area contributed by atoms with Crippen LogP contribution in [0.5, 0.6) is 11.5 Å². The molecule has 0 radical (unpaired) electrons. The smallest absolute Gasteiger partial charge is 0.424 e. The summed E-state index contributed by atoms with van der Waals surface area (Å²) >= 11 is 0. The molecule has 2 aromatic carbocycles. The Morgan fingerprint density at radius 3 is 2.56 bits per heavy atom. The van der Waals surface area contributed by atoms with Crippen LogP contribution in [-0.2, 0) is 15.8 Å². The third kappa shape index (κ3) is 5.25. The van der Waals surface area contributed by atoms with Gasteiger partial charge in [-0.05, 0) is 49.4 Å². The van der Waals surface area contributed by atoms with E-state index in [4.69, 9.17) is 15.2 Å². The fraction of sp³-hybridized carbons (Fsp3) is 0.241. The molecule has 0 spiro atoms. The average molecular weight is 600 g/mol. The number of aromatic nitrogens is 3. The average Bonchev–Trinajstić information content (AvgIpc) is 3.61. The number of halogens is 4. The molecule has 2 atom stereocenters. The van der Waals surface area contributed by atoms with Gasteiger partial charge in [-0.2, -0.15) is 18.3 Å². The van der Waals surface area contributed by atoms with Gasteiger partial charge in [0.15, 0.2) is 0 Å². The molecule has 1 aliphatic rings. The van der Waals surface area contributed by atoms with Gasteiger partial charge >= 0.3 is 6.18 Å². The maximum Gasteiger partial charge on any atom is 0.424 e. The molecule has 0 saturated carbocycles. The van der Waals surface area contributed by atoms with Crippen LogP contribution in [0, 0.1) is 5.82 Å². The van der Waals surface area contributed by atoms with Crippen molar-refractivity contribution < 1.29 is 41.7 Å². The first kappa shape index (κ1) is 29.5. The molecule has 0 bridgehead atoms. The number of carbonyl (C=O) groups excluding carboxylic acids is 2. The second kappa shape index (κ2) is 10.7. The molecule has 3 heterocycles. The second-order valence-electron chi connectivity index (χ2n) is 10.1. The molecule has 43 heavy (non-hydrogen) atoms. The number of aliphatic hydroxyl groups is 1. The van der Waals surface area contributed by atoms with E-state index in [0.29, 0.717) is 11.4 Å². The van der Waals surface area contributed by atoms with Crippen molar-refractivity contribution in [1.29, 1.82) is 0 Å². The van der Waals surface area contributed by atoms with Gasteiger partial charge in [0.25, 0.3) is 5.91 Å². The fourth-order valence-electron chi connectivity index (χ4n) is 4.58. The molecule has 2 amide bonds. The number of carbonyl (C=O) groups is 2. The highest BCUT2D eigenvalue weighted by atomic mass is 19.4. The summed E-state index contributed by atoms with van der Waals surface area (Å²) in [5.74, 6) is -1.96. The van der Waals surface area contributed by atoms with Crippen LogP contribution in [0.15, 0.2) is 67.0 Å². The summed E-state index contributed by atoms with van der Waals surface area (Å²) in [5.41, 5.74) is -0.257. The van der Waals surface area contributed by atoms with E-state index in [9.17, 15) is 32.3 Å². The Hall–Kier alpha value is -4.98. The molecule has 4 aromatic rings. The standard InChI is InChI=1S/C29H25F4N5O5/c1-27(26(34)40)15-43-24-21(27)11-22(37-23(24)16-6-8-18(30)9-7-16)28(41,29(31,32)33)14-35-25(39)17-12-36-38(13-17)19-4-3-5-20(10-19)42-2/h3-13,41H,14-15H2,1-2H3,(H2,34,40)(H,35,39)/t27-,28?/m0/s1. The third-order valence-corrected chi connectivity index (χ3v) is 7.29. The largest absolute Gasteiger partial charge is 0.497 e. The zero-order valence-corrected chi connectivity index (χ0v) is 22.8. The number of ether oxygens (including phenoxy) is 2. The number of nitrogens with one attached hydrogen (secondary N) is 1. The van der Waals surface area contributed by atoms with Gasteiger partial charge in [0.05, 0.1) is 36.8 Å². The summed E-state index contributed by atoms with van der Waals surface area (Å²) in [6, 6.07) is 12.3. The molecule has 2 aromatic heterocycles. The summed E-state index contributed by atoms with van der Waals surface area (Å²) in [6.07, 6.45) is -2.90. The quantitative estimate of drug-likeness (QED) is 0.264.